The second kappa shape index (κ2) is 8.12. The van der Waals surface area contributed by atoms with Gasteiger partial charge in [-0.15, -0.1) is 0 Å². The Labute approximate surface area is 115 Å². The number of methoxy groups -OCH3 is 1. The van der Waals surface area contributed by atoms with Crippen molar-refractivity contribution in [2.75, 3.05) is 13.7 Å². The van der Waals surface area contributed by atoms with E-state index in [1.165, 1.54) is 0 Å². The number of carbonyl (C=O) groups excluding carboxylic acids is 2. The van der Waals surface area contributed by atoms with E-state index >= 15 is 0 Å². The average Bonchev–Trinajstić information content (AvgIpc) is 2.26. The van der Waals surface area contributed by atoms with Crippen molar-refractivity contribution in [3.8, 4) is 0 Å². The van der Waals surface area contributed by atoms with Crippen molar-refractivity contribution in [1.82, 2.24) is 10.6 Å². The minimum absolute atomic E-state index is 0.218. The van der Waals surface area contributed by atoms with Gasteiger partial charge in [-0.3, -0.25) is 9.59 Å². The van der Waals surface area contributed by atoms with Gasteiger partial charge in [-0.2, -0.15) is 0 Å². The third-order valence-electron chi connectivity index (χ3n) is 2.45. The summed E-state index contributed by atoms with van der Waals surface area (Å²) in [6.07, 6.45) is 1.25. The van der Waals surface area contributed by atoms with E-state index in [1.807, 2.05) is 20.8 Å². The van der Waals surface area contributed by atoms with Gasteiger partial charge in [0.25, 0.3) is 0 Å². The number of amides is 2. The van der Waals surface area contributed by atoms with Crippen molar-refractivity contribution in [3.63, 3.8) is 0 Å². The number of nitrogens with one attached hydrogen (secondary N) is 2. The molecule has 0 aliphatic heterocycles. The molecule has 0 fully saturated rings. The van der Waals surface area contributed by atoms with Crippen molar-refractivity contribution in [2.45, 2.75) is 58.2 Å². The summed E-state index contributed by atoms with van der Waals surface area (Å²) >= 11 is 0. The van der Waals surface area contributed by atoms with Gasteiger partial charge in [0.1, 0.15) is 6.04 Å². The van der Waals surface area contributed by atoms with E-state index in [0.29, 0.717) is 19.4 Å². The van der Waals surface area contributed by atoms with Crippen molar-refractivity contribution in [2.24, 2.45) is 5.73 Å². The molecular formula is C13H27N3O3. The summed E-state index contributed by atoms with van der Waals surface area (Å²) in [6, 6.07) is -1.21. The van der Waals surface area contributed by atoms with Crippen LogP contribution in [-0.2, 0) is 14.3 Å². The number of hydrogen-bond acceptors (Lipinski definition) is 4. The molecule has 19 heavy (non-hydrogen) atoms. The third-order valence-corrected chi connectivity index (χ3v) is 2.45. The zero-order valence-electron chi connectivity index (χ0n) is 12.6. The maximum atomic E-state index is 11.8. The van der Waals surface area contributed by atoms with E-state index in [1.54, 1.807) is 14.0 Å². The van der Waals surface area contributed by atoms with Gasteiger partial charge in [0.2, 0.25) is 11.8 Å². The monoisotopic (exact) mass is 273 g/mol. The SMILES string of the molecule is COCCCC(N)C(=O)NC(C)C(=O)NC(C)(C)C. The highest BCUT2D eigenvalue weighted by Gasteiger charge is 2.22. The molecule has 0 aromatic heterocycles. The Morgan fingerprint density at radius 1 is 1.26 bits per heavy atom. The minimum Gasteiger partial charge on any atom is -0.385 e. The van der Waals surface area contributed by atoms with Crippen LogP contribution in [0.2, 0.25) is 0 Å². The predicted molar refractivity (Wildman–Crippen MR) is 74.6 cm³/mol. The zero-order valence-corrected chi connectivity index (χ0v) is 12.6. The summed E-state index contributed by atoms with van der Waals surface area (Å²) in [5.74, 6) is -0.530. The first-order chi connectivity index (χ1) is 8.67. The molecule has 0 aromatic rings. The van der Waals surface area contributed by atoms with Gasteiger partial charge in [-0.25, -0.2) is 0 Å². The van der Waals surface area contributed by atoms with E-state index in [0.717, 1.165) is 0 Å². The fraction of sp³-hybridized carbons (Fsp3) is 0.846. The summed E-state index contributed by atoms with van der Waals surface area (Å²) in [5.41, 5.74) is 5.41. The molecule has 6 nitrogen and oxygen atoms in total. The highest BCUT2D eigenvalue weighted by Crippen LogP contribution is 2.00. The highest BCUT2D eigenvalue weighted by atomic mass is 16.5. The van der Waals surface area contributed by atoms with Crippen LogP contribution in [0.1, 0.15) is 40.5 Å². The molecule has 0 aliphatic carbocycles. The van der Waals surface area contributed by atoms with Gasteiger partial charge >= 0.3 is 0 Å². The molecule has 0 spiro atoms. The fourth-order valence-electron chi connectivity index (χ4n) is 1.44. The Morgan fingerprint density at radius 2 is 1.84 bits per heavy atom. The van der Waals surface area contributed by atoms with Crippen LogP contribution in [0.4, 0.5) is 0 Å². The first-order valence-corrected chi connectivity index (χ1v) is 6.54. The van der Waals surface area contributed by atoms with E-state index in [-0.39, 0.29) is 17.4 Å². The zero-order chi connectivity index (χ0) is 15.1. The standard InChI is InChI=1S/C13H27N3O3/c1-9(11(17)16-13(2,3)4)15-12(18)10(14)7-6-8-19-5/h9-10H,6-8,14H2,1-5H3,(H,15,18)(H,16,17). The van der Waals surface area contributed by atoms with Crippen molar-refractivity contribution in [3.05, 3.63) is 0 Å². The molecule has 0 bridgehead atoms. The Bertz CT molecular complexity index is 300. The van der Waals surface area contributed by atoms with Gasteiger partial charge < -0.3 is 21.1 Å². The minimum atomic E-state index is -0.611. The van der Waals surface area contributed by atoms with E-state index < -0.39 is 12.1 Å². The van der Waals surface area contributed by atoms with Gasteiger partial charge in [0, 0.05) is 19.3 Å². The van der Waals surface area contributed by atoms with Crippen LogP contribution >= 0.6 is 0 Å². The van der Waals surface area contributed by atoms with Crippen LogP contribution in [-0.4, -0.2) is 43.2 Å². The highest BCUT2D eigenvalue weighted by molar-refractivity contribution is 5.89. The summed E-state index contributed by atoms with van der Waals surface area (Å²) in [5, 5.41) is 5.41. The Kier molecular flexibility index (Phi) is 7.63. The lowest BCUT2D eigenvalue weighted by atomic mass is 10.1. The molecule has 2 atom stereocenters. The van der Waals surface area contributed by atoms with Crippen molar-refractivity contribution in [1.29, 1.82) is 0 Å². The molecule has 0 aliphatic rings. The van der Waals surface area contributed by atoms with Gasteiger partial charge in [-0.1, -0.05) is 0 Å². The van der Waals surface area contributed by atoms with E-state index in [9.17, 15) is 9.59 Å². The molecule has 2 amide bonds. The molecule has 0 aromatic carbocycles. The summed E-state index contributed by atoms with van der Waals surface area (Å²) in [7, 11) is 1.60. The molecule has 112 valence electrons. The van der Waals surface area contributed by atoms with E-state index in [4.69, 9.17) is 10.5 Å². The lowest BCUT2D eigenvalue weighted by molar-refractivity contribution is -0.130. The van der Waals surface area contributed by atoms with Crippen LogP contribution in [0.25, 0.3) is 0 Å². The predicted octanol–water partition coefficient (Wildman–Crippen LogP) is 0.160. The lowest BCUT2D eigenvalue weighted by Gasteiger charge is -2.24. The quantitative estimate of drug-likeness (QED) is 0.576. The number of ether oxygens (including phenoxy) is 1. The van der Waals surface area contributed by atoms with Crippen LogP contribution in [0.15, 0.2) is 0 Å². The van der Waals surface area contributed by atoms with Gasteiger partial charge in [-0.05, 0) is 40.5 Å². The Morgan fingerprint density at radius 3 is 2.32 bits per heavy atom. The second-order valence-electron chi connectivity index (χ2n) is 5.71. The van der Waals surface area contributed by atoms with Crippen LogP contribution < -0.4 is 16.4 Å². The van der Waals surface area contributed by atoms with Crippen molar-refractivity contribution < 1.29 is 14.3 Å². The first kappa shape index (κ1) is 17.9. The average molecular weight is 273 g/mol. The second-order valence-corrected chi connectivity index (χ2v) is 5.71. The number of hydrogen-bond donors (Lipinski definition) is 3. The molecule has 0 heterocycles. The normalized spacial score (nSPS) is 14.6. The molecule has 0 radical (unpaired) electrons. The first-order valence-electron chi connectivity index (χ1n) is 6.54. The third kappa shape index (κ3) is 8.56. The topological polar surface area (TPSA) is 93.4 Å². The molecule has 0 saturated heterocycles. The van der Waals surface area contributed by atoms with Crippen LogP contribution in [0, 0.1) is 0 Å². The maximum Gasteiger partial charge on any atom is 0.242 e. The summed E-state index contributed by atoms with van der Waals surface area (Å²) in [4.78, 5) is 23.6. The Hall–Kier alpha value is -1.14. The van der Waals surface area contributed by atoms with Crippen LogP contribution in [0.3, 0.4) is 0 Å². The molecule has 0 rings (SSSR count). The molecule has 0 saturated carbocycles. The Balaban J connectivity index is 4.13. The molecule has 4 N–H and O–H groups in total. The molecule has 2 unspecified atom stereocenters. The molecular weight excluding hydrogens is 246 g/mol. The van der Waals surface area contributed by atoms with E-state index in [2.05, 4.69) is 10.6 Å². The van der Waals surface area contributed by atoms with Crippen LogP contribution in [0.5, 0.6) is 0 Å². The summed E-state index contributed by atoms with van der Waals surface area (Å²) in [6.45, 7) is 7.86. The van der Waals surface area contributed by atoms with Crippen molar-refractivity contribution >= 4 is 11.8 Å². The maximum absolute atomic E-state index is 11.8. The van der Waals surface area contributed by atoms with Gasteiger partial charge in [0.05, 0.1) is 6.04 Å². The number of nitrogens with two attached hydrogens (primary N) is 1. The lowest BCUT2D eigenvalue weighted by Crippen LogP contribution is -2.53. The summed E-state index contributed by atoms with van der Waals surface area (Å²) < 4.78 is 4.89. The fourth-order valence-corrected chi connectivity index (χ4v) is 1.44. The van der Waals surface area contributed by atoms with Gasteiger partial charge in [0.15, 0.2) is 0 Å². The smallest absolute Gasteiger partial charge is 0.242 e. The largest absolute Gasteiger partial charge is 0.385 e. The number of rotatable bonds is 7. The molecule has 6 heteroatoms. The number of carbonyl (C=O) groups is 2.